The fourth-order valence-electron chi connectivity index (χ4n) is 6.32. The topological polar surface area (TPSA) is 8.17 Å². The van der Waals surface area contributed by atoms with Crippen molar-refractivity contribution < 1.29 is 0 Å². The molecule has 1 aromatic heterocycles. The van der Waals surface area contributed by atoms with Crippen LogP contribution in [0.3, 0.4) is 0 Å². The minimum atomic E-state index is 1.05. The Morgan fingerprint density at radius 2 is 1.31 bits per heavy atom. The molecule has 2 heteroatoms. The molecule has 0 unspecified atom stereocenters. The highest BCUT2D eigenvalue weighted by molar-refractivity contribution is 6.11. The van der Waals surface area contributed by atoms with Gasteiger partial charge in [0.05, 0.1) is 11.0 Å². The number of aromatic nitrogens is 1. The molecule has 0 atom stereocenters. The van der Waals surface area contributed by atoms with Crippen LogP contribution in [0, 0.1) is 0 Å². The van der Waals surface area contributed by atoms with E-state index in [9.17, 15) is 0 Å². The Morgan fingerprint density at radius 3 is 2.00 bits per heavy atom. The molecule has 2 nitrogen and oxygen atoms in total. The molecule has 0 saturated carbocycles. The number of nitrogens with zero attached hydrogens (tertiary/aromatic N) is 2. The van der Waals surface area contributed by atoms with Crippen molar-refractivity contribution in [2.24, 2.45) is 0 Å². The molecule has 0 aliphatic heterocycles. The molecule has 1 heterocycles. The lowest BCUT2D eigenvalue weighted by atomic mass is 9.99. The van der Waals surface area contributed by atoms with Gasteiger partial charge in [0.1, 0.15) is 0 Å². The first-order valence-electron chi connectivity index (χ1n) is 15.7. The summed E-state index contributed by atoms with van der Waals surface area (Å²) in [7, 11) is 0. The van der Waals surface area contributed by atoms with Crippen LogP contribution in [0.15, 0.2) is 170 Å². The summed E-state index contributed by atoms with van der Waals surface area (Å²) in [4.78, 5) is 2.32. The van der Waals surface area contributed by atoms with Crippen molar-refractivity contribution in [2.45, 2.75) is 19.8 Å². The minimum Gasteiger partial charge on any atom is -0.311 e. The van der Waals surface area contributed by atoms with Crippen LogP contribution in [0.25, 0.3) is 44.2 Å². The predicted molar refractivity (Wildman–Crippen MR) is 195 cm³/mol. The molecular formula is C43H36N2. The van der Waals surface area contributed by atoms with Crippen molar-refractivity contribution in [3.63, 3.8) is 0 Å². The smallest absolute Gasteiger partial charge is 0.0541 e. The minimum absolute atomic E-state index is 1.05. The second-order valence-corrected chi connectivity index (χ2v) is 11.3. The van der Waals surface area contributed by atoms with Crippen molar-refractivity contribution in [1.82, 2.24) is 4.57 Å². The molecule has 7 rings (SSSR count). The Kier molecular flexibility index (Phi) is 7.87. The number of hydrogen-bond donors (Lipinski definition) is 0. The maximum Gasteiger partial charge on any atom is 0.0541 e. The molecule has 0 spiro atoms. The van der Waals surface area contributed by atoms with E-state index >= 15 is 0 Å². The zero-order chi connectivity index (χ0) is 30.6. The van der Waals surface area contributed by atoms with E-state index in [0.717, 1.165) is 35.6 Å². The lowest BCUT2D eigenvalue weighted by molar-refractivity contribution is 1.04. The SMILES string of the molecule is C=C/C(=C\C=C/C)n1c2ccccc2c2cc(-c3ccc(N(c4ccccc4)c4ccc(C5=CCCC=C5)cc4)cc3)ccc21. The van der Waals surface area contributed by atoms with Crippen molar-refractivity contribution in [3.8, 4) is 11.1 Å². The Balaban J connectivity index is 1.27. The average Bonchev–Trinajstić information content (AvgIpc) is 3.44. The van der Waals surface area contributed by atoms with Crippen LogP contribution < -0.4 is 4.90 Å². The lowest BCUT2D eigenvalue weighted by Crippen LogP contribution is -2.09. The maximum absolute atomic E-state index is 4.11. The van der Waals surface area contributed by atoms with E-state index in [1.807, 2.05) is 19.1 Å². The molecule has 0 radical (unpaired) electrons. The molecule has 6 aromatic rings. The van der Waals surface area contributed by atoms with Gasteiger partial charge in [-0.3, -0.25) is 0 Å². The number of benzene rings is 5. The quantitative estimate of drug-likeness (QED) is 0.163. The van der Waals surface area contributed by atoms with Crippen LogP contribution in [0.5, 0.6) is 0 Å². The zero-order valence-corrected chi connectivity index (χ0v) is 25.6. The van der Waals surface area contributed by atoms with Crippen molar-refractivity contribution in [2.75, 3.05) is 4.90 Å². The molecule has 1 aliphatic rings. The summed E-state index contributed by atoms with van der Waals surface area (Å²) < 4.78 is 2.30. The van der Waals surface area contributed by atoms with Crippen LogP contribution in [0.1, 0.15) is 25.3 Å². The second kappa shape index (κ2) is 12.6. The fraction of sp³-hybridized carbons (Fsp3) is 0.0698. The Labute approximate surface area is 265 Å². The number of anilines is 3. The summed E-state index contributed by atoms with van der Waals surface area (Å²) >= 11 is 0. The standard InChI is InChI=1S/C43H36N2/c1-3-5-16-36(4-2)45-42-20-13-12-19-40(42)41-31-35(25-30-43(41)45)34-23-28-39(29-24-34)44(37-17-10-7-11-18-37)38-26-21-33(22-27-38)32-14-8-6-9-15-32/h3-5,7-8,10-31H,2,6,9H2,1H3/b5-3-,36-16+. The van der Waals surface area contributed by atoms with Crippen LogP contribution in [-0.4, -0.2) is 4.57 Å². The second-order valence-electron chi connectivity index (χ2n) is 11.3. The van der Waals surface area contributed by atoms with Gasteiger partial charge in [0.2, 0.25) is 0 Å². The third-order valence-corrected chi connectivity index (χ3v) is 8.53. The Bertz CT molecular complexity index is 2100. The van der Waals surface area contributed by atoms with E-state index < -0.39 is 0 Å². The monoisotopic (exact) mass is 580 g/mol. The van der Waals surface area contributed by atoms with Gasteiger partial charge < -0.3 is 9.47 Å². The molecule has 0 saturated heterocycles. The van der Waals surface area contributed by atoms with Crippen molar-refractivity contribution >= 4 is 50.1 Å². The highest BCUT2D eigenvalue weighted by Gasteiger charge is 2.15. The van der Waals surface area contributed by atoms with Gasteiger partial charge in [-0.2, -0.15) is 0 Å². The predicted octanol–water partition coefficient (Wildman–Crippen LogP) is 12.3. The third-order valence-electron chi connectivity index (χ3n) is 8.53. The summed E-state index contributed by atoms with van der Waals surface area (Å²) in [5, 5.41) is 2.46. The molecular weight excluding hydrogens is 544 g/mol. The van der Waals surface area contributed by atoms with Crippen LogP contribution in [0.2, 0.25) is 0 Å². The van der Waals surface area contributed by atoms with Crippen molar-refractivity contribution in [3.05, 3.63) is 176 Å². The molecule has 45 heavy (non-hydrogen) atoms. The number of rotatable bonds is 8. The van der Waals surface area contributed by atoms with Gasteiger partial charge in [-0.15, -0.1) is 0 Å². The largest absolute Gasteiger partial charge is 0.311 e. The molecule has 0 amide bonds. The summed E-state index contributed by atoms with van der Waals surface area (Å²) in [5.41, 5.74) is 11.7. The third kappa shape index (κ3) is 5.47. The highest BCUT2D eigenvalue weighted by Crippen LogP contribution is 2.38. The summed E-state index contributed by atoms with van der Waals surface area (Å²) in [6.45, 7) is 6.14. The number of allylic oxidation sites excluding steroid dienone is 9. The van der Waals surface area contributed by atoms with Gasteiger partial charge in [0, 0.05) is 33.5 Å². The van der Waals surface area contributed by atoms with Crippen LogP contribution in [-0.2, 0) is 0 Å². The number of para-hydroxylation sites is 2. The maximum atomic E-state index is 4.11. The van der Waals surface area contributed by atoms with E-state index in [4.69, 9.17) is 0 Å². The van der Waals surface area contributed by atoms with E-state index in [-0.39, 0.29) is 0 Å². The zero-order valence-electron chi connectivity index (χ0n) is 25.6. The van der Waals surface area contributed by atoms with Crippen LogP contribution >= 0.6 is 0 Å². The normalized spacial score (nSPS) is 13.4. The lowest BCUT2D eigenvalue weighted by Gasteiger charge is -2.26. The van der Waals surface area contributed by atoms with E-state index in [0.29, 0.717) is 0 Å². The average molecular weight is 581 g/mol. The molecule has 0 fully saturated rings. The van der Waals surface area contributed by atoms with Gasteiger partial charge in [0.25, 0.3) is 0 Å². The molecule has 1 aliphatic carbocycles. The van der Waals surface area contributed by atoms with Gasteiger partial charge >= 0.3 is 0 Å². The summed E-state index contributed by atoms with van der Waals surface area (Å²) in [5.74, 6) is 0. The first-order chi connectivity index (χ1) is 22.2. The molecule has 218 valence electrons. The number of fused-ring (bicyclic) bond motifs is 3. The highest BCUT2D eigenvalue weighted by atomic mass is 15.1. The molecule has 0 N–H and O–H groups in total. The first-order valence-corrected chi connectivity index (χ1v) is 15.7. The van der Waals surface area contributed by atoms with E-state index in [2.05, 4.69) is 168 Å². The number of hydrogen-bond acceptors (Lipinski definition) is 1. The Hall–Kier alpha value is -5.60. The van der Waals surface area contributed by atoms with E-state index in [1.165, 1.54) is 44.1 Å². The van der Waals surface area contributed by atoms with Gasteiger partial charge in [-0.1, -0.05) is 104 Å². The first kappa shape index (κ1) is 28.2. The van der Waals surface area contributed by atoms with Gasteiger partial charge in [0.15, 0.2) is 0 Å². The van der Waals surface area contributed by atoms with Gasteiger partial charge in [-0.05, 0) is 109 Å². The molecule has 5 aromatic carbocycles. The Morgan fingerprint density at radius 1 is 0.667 bits per heavy atom. The molecule has 0 bridgehead atoms. The van der Waals surface area contributed by atoms with Crippen molar-refractivity contribution in [1.29, 1.82) is 0 Å². The van der Waals surface area contributed by atoms with Crippen LogP contribution in [0.4, 0.5) is 17.1 Å². The summed E-state index contributed by atoms with van der Waals surface area (Å²) in [6.07, 6.45) is 17.2. The van der Waals surface area contributed by atoms with E-state index in [1.54, 1.807) is 0 Å². The van der Waals surface area contributed by atoms with Gasteiger partial charge in [-0.25, -0.2) is 0 Å². The fourth-order valence-corrected chi connectivity index (χ4v) is 6.32. The summed E-state index contributed by atoms with van der Waals surface area (Å²) in [6, 6.07) is 43.8.